The minimum atomic E-state index is 0.412. The zero-order chi connectivity index (χ0) is 13.9. The first-order chi connectivity index (χ1) is 9.07. The molecule has 1 aromatic rings. The fraction of sp³-hybridized carbons (Fsp3) is 0.647. The van der Waals surface area contributed by atoms with Gasteiger partial charge < -0.3 is 10.5 Å². The third kappa shape index (κ3) is 3.30. The van der Waals surface area contributed by atoms with Crippen LogP contribution in [0, 0.1) is 11.3 Å². The van der Waals surface area contributed by atoms with E-state index in [1.54, 1.807) is 0 Å². The van der Waals surface area contributed by atoms with Crippen LogP contribution in [0.3, 0.4) is 0 Å². The molecule has 2 N–H and O–H groups in total. The molecule has 0 bridgehead atoms. The molecule has 0 aromatic heterocycles. The lowest BCUT2D eigenvalue weighted by atomic mass is 9.65. The molecule has 0 saturated heterocycles. The zero-order valence-corrected chi connectivity index (χ0v) is 12.5. The van der Waals surface area contributed by atoms with Crippen molar-refractivity contribution in [1.29, 1.82) is 0 Å². The van der Waals surface area contributed by atoms with Gasteiger partial charge in [-0.1, -0.05) is 32.0 Å². The molecular formula is C17H27NO. The summed E-state index contributed by atoms with van der Waals surface area (Å²) in [7, 11) is 0. The molecule has 2 unspecified atom stereocenters. The Hall–Kier alpha value is -1.02. The smallest absolute Gasteiger partial charge is 0.122 e. The van der Waals surface area contributed by atoms with Crippen molar-refractivity contribution in [3.8, 4) is 5.75 Å². The maximum atomic E-state index is 6.00. The minimum absolute atomic E-state index is 0.412. The van der Waals surface area contributed by atoms with Crippen molar-refractivity contribution in [3.63, 3.8) is 0 Å². The van der Waals surface area contributed by atoms with Gasteiger partial charge in [-0.3, -0.25) is 0 Å². The molecule has 2 nitrogen and oxygen atoms in total. The Bertz CT molecular complexity index is 413. The molecule has 1 fully saturated rings. The van der Waals surface area contributed by atoms with E-state index in [9.17, 15) is 0 Å². The van der Waals surface area contributed by atoms with E-state index >= 15 is 0 Å². The van der Waals surface area contributed by atoms with E-state index in [4.69, 9.17) is 10.5 Å². The summed E-state index contributed by atoms with van der Waals surface area (Å²) < 4.78 is 5.81. The number of rotatable bonds is 4. The van der Waals surface area contributed by atoms with Crippen molar-refractivity contribution in [2.24, 2.45) is 17.1 Å². The van der Waals surface area contributed by atoms with Crippen LogP contribution in [0.5, 0.6) is 5.75 Å². The van der Waals surface area contributed by atoms with Gasteiger partial charge in [0.1, 0.15) is 5.75 Å². The standard InChI is InChI=1S/C17H27NO/c1-4-19-16-8-6-5-7-14(16)15-11-17(2,3)10-9-13(15)12-18/h5-8,13,15H,4,9-12,18H2,1-3H3. The van der Waals surface area contributed by atoms with Crippen LogP contribution in [-0.2, 0) is 0 Å². The average Bonchev–Trinajstić information content (AvgIpc) is 2.39. The molecule has 2 rings (SSSR count). The highest BCUT2D eigenvalue weighted by atomic mass is 16.5. The highest BCUT2D eigenvalue weighted by Crippen LogP contribution is 2.48. The van der Waals surface area contributed by atoms with Crippen LogP contribution in [0.2, 0.25) is 0 Å². The zero-order valence-electron chi connectivity index (χ0n) is 12.5. The van der Waals surface area contributed by atoms with Gasteiger partial charge in [0.2, 0.25) is 0 Å². The Labute approximate surface area is 117 Å². The first kappa shape index (κ1) is 14.4. The van der Waals surface area contributed by atoms with Gasteiger partial charge in [-0.15, -0.1) is 0 Å². The summed E-state index contributed by atoms with van der Waals surface area (Å²) in [5.41, 5.74) is 7.77. The Balaban J connectivity index is 2.31. The molecule has 2 heteroatoms. The van der Waals surface area contributed by atoms with Gasteiger partial charge in [0.25, 0.3) is 0 Å². The van der Waals surface area contributed by atoms with Crippen molar-refractivity contribution in [3.05, 3.63) is 29.8 Å². The lowest BCUT2D eigenvalue weighted by Gasteiger charge is -2.41. The molecule has 0 heterocycles. The summed E-state index contributed by atoms with van der Waals surface area (Å²) in [6.07, 6.45) is 3.72. The third-order valence-electron chi connectivity index (χ3n) is 4.45. The number of hydrogen-bond donors (Lipinski definition) is 1. The predicted molar refractivity (Wildman–Crippen MR) is 80.5 cm³/mol. The van der Waals surface area contributed by atoms with Crippen molar-refractivity contribution < 1.29 is 4.74 Å². The van der Waals surface area contributed by atoms with E-state index in [1.807, 2.05) is 6.92 Å². The van der Waals surface area contributed by atoms with E-state index < -0.39 is 0 Å². The maximum Gasteiger partial charge on any atom is 0.122 e. The van der Waals surface area contributed by atoms with Gasteiger partial charge in [-0.25, -0.2) is 0 Å². The van der Waals surface area contributed by atoms with Crippen LogP contribution in [0.4, 0.5) is 0 Å². The predicted octanol–water partition coefficient (Wildman–Crippen LogP) is 3.95. The normalized spacial score (nSPS) is 26.1. The summed E-state index contributed by atoms with van der Waals surface area (Å²) in [6, 6.07) is 8.49. The lowest BCUT2D eigenvalue weighted by molar-refractivity contribution is 0.163. The summed E-state index contributed by atoms with van der Waals surface area (Å²) in [4.78, 5) is 0. The van der Waals surface area contributed by atoms with E-state index in [-0.39, 0.29) is 0 Å². The molecule has 0 aliphatic heterocycles. The van der Waals surface area contributed by atoms with E-state index in [2.05, 4.69) is 38.1 Å². The number of nitrogens with two attached hydrogens (primary N) is 1. The van der Waals surface area contributed by atoms with Crippen LogP contribution in [-0.4, -0.2) is 13.2 Å². The molecule has 1 aromatic carbocycles. The van der Waals surface area contributed by atoms with Crippen LogP contribution in [0.1, 0.15) is 51.5 Å². The summed E-state index contributed by atoms with van der Waals surface area (Å²) >= 11 is 0. The van der Waals surface area contributed by atoms with Gasteiger partial charge >= 0.3 is 0 Å². The molecule has 1 aliphatic rings. The molecule has 0 amide bonds. The maximum absolute atomic E-state index is 6.00. The number of ether oxygens (including phenoxy) is 1. The molecule has 19 heavy (non-hydrogen) atoms. The van der Waals surface area contributed by atoms with Crippen LogP contribution >= 0.6 is 0 Å². The lowest BCUT2D eigenvalue weighted by Crippen LogP contribution is -2.32. The quantitative estimate of drug-likeness (QED) is 0.890. The molecule has 0 radical (unpaired) electrons. The first-order valence-corrected chi connectivity index (χ1v) is 7.49. The fourth-order valence-electron chi connectivity index (χ4n) is 3.36. The van der Waals surface area contributed by atoms with Crippen molar-refractivity contribution >= 4 is 0 Å². The molecule has 2 atom stereocenters. The van der Waals surface area contributed by atoms with Crippen molar-refractivity contribution in [2.75, 3.05) is 13.2 Å². The Morgan fingerprint density at radius 3 is 2.74 bits per heavy atom. The molecule has 106 valence electrons. The average molecular weight is 261 g/mol. The Morgan fingerprint density at radius 1 is 1.32 bits per heavy atom. The second-order valence-corrected chi connectivity index (χ2v) is 6.48. The van der Waals surface area contributed by atoms with Gasteiger partial charge in [-0.2, -0.15) is 0 Å². The van der Waals surface area contributed by atoms with Crippen LogP contribution in [0.25, 0.3) is 0 Å². The highest BCUT2D eigenvalue weighted by Gasteiger charge is 2.36. The first-order valence-electron chi connectivity index (χ1n) is 7.49. The molecule has 0 spiro atoms. The Kier molecular flexibility index (Phi) is 4.51. The topological polar surface area (TPSA) is 35.2 Å². The van der Waals surface area contributed by atoms with Gasteiger partial charge in [-0.05, 0) is 61.6 Å². The number of benzene rings is 1. The van der Waals surface area contributed by atoms with Crippen LogP contribution < -0.4 is 10.5 Å². The summed E-state index contributed by atoms with van der Waals surface area (Å²) in [6.45, 7) is 8.29. The van der Waals surface area contributed by atoms with E-state index in [0.29, 0.717) is 17.3 Å². The highest BCUT2D eigenvalue weighted by molar-refractivity contribution is 5.37. The van der Waals surface area contributed by atoms with Gasteiger partial charge in [0, 0.05) is 0 Å². The number of hydrogen-bond acceptors (Lipinski definition) is 2. The van der Waals surface area contributed by atoms with E-state index in [0.717, 1.165) is 18.9 Å². The molecular weight excluding hydrogens is 234 g/mol. The monoisotopic (exact) mass is 261 g/mol. The third-order valence-corrected chi connectivity index (χ3v) is 4.45. The van der Waals surface area contributed by atoms with Gasteiger partial charge in [0.15, 0.2) is 0 Å². The SMILES string of the molecule is CCOc1ccccc1C1CC(C)(C)CCC1CN. The minimum Gasteiger partial charge on any atom is -0.494 e. The van der Waals surface area contributed by atoms with Crippen LogP contribution in [0.15, 0.2) is 24.3 Å². The second-order valence-electron chi connectivity index (χ2n) is 6.48. The largest absolute Gasteiger partial charge is 0.494 e. The molecule has 1 saturated carbocycles. The molecule has 1 aliphatic carbocycles. The second kappa shape index (κ2) is 5.96. The summed E-state index contributed by atoms with van der Waals surface area (Å²) in [5, 5.41) is 0. The fourth-order valence-corrected chi connectivity index (χ4v) is 3.36. The van der Waals surface area contributed by atoms with E-state index in [1.165, 1.54) is 24.8 Å². The van der Waals surface area contributed by atoms with Gasteiger partial charge in [0.05, 0.1) is 6.61 Å². The summed E-state index contributed by atoms with van der Waals surface area (Å²) in [5.74, 6) is 2.18. The number of para-hydroxylation sites is 1. The van der Waals surface area contributed by atoms with Crippen molar-refractivity contribution in [2.45, 2.75) is 46.0 Å². The van der Waals surface area contributed by atoms with Crippen molar-refractivity contribution in [1.82, 2.24) is 0 Å². The Morgan fingerprint density at radius 2 is 2.05 bits per heavy atom.